The van der Waals surface area contributed by atoms with Gasteiger partial charge in [0.1, 0.15) is 5.56 Å². The van der Waals surface area contributed by atoms with Crippen LogP contribution in [0.2, 0.25) is 0 Å². The second-order valence-electron chi connectivity index (χ2n) is 6.34. The summed E-state index contributed by atoms with van der Waals surface area (Å²) in [5.74, 6) is -0.0653. The second-order valence-corrected chi connectivity index (χ2v) is 6.34. The van der Waals surface area contributed by atoms with Crippen molar-refractivity contribution in [2.75, 3.05) is 26.2 Å². The van der Waals surface area contributed by atoms with E-state index in [1.54, 1.807) is 23.2 Å². The highest BCUT2D eigenvalue weighted by Gasteiger charge is 2.50. The van der Waals surface area contributed by atoms with E-state index in [2.05, 4.69) is 10.3 Å². The van der Waals surface area contributed by atoms with Crippen LogP contribution in [-0.4, -0.2) is 59.1 Å². The van der Waals surface area contributed by atoms with Crippen LogP contribution in [0.4, 0.5) is 0 Å². The molecule has 1 aromatic heterocycles. The summed E-state index contributed by atoms with van der Waals surface area (Å²) in [5, 5.41) is 13.3. The van der Waals surface area contributed by atoms with Crippen molar-refractivity contribution in [2.24, 2.45) is 5.41 Å². The largest absolute Gasteiger partial charge is 0.477 e. The van der Waals surface area contributed by atoms with Crippen LogP contribution in [0.3, 0.4) is 0 Å². The minimum Gasteiger partial charge on any atom is -0.477 e. The molecule has 2 N–H and O–H groups in total. The van der Waals surface area contributed by atoms with Gasteiger partial charge in [0, 0.05) is 25.8 Å². The number of likely N-dealkylation sites (tertiary alicyclic amines) is 1. The van der Waals surface area contributed by atoms with Crippen LogP contribution in [0.1, 0.15) is 36.5 Å². The Morgan fingerprint density at radius 2 is 2.42 bits per heavy atom. The third-order valence-electron chi connectivity index (χ3n) is 4.89. The number of hydrogen-bond donors (Lipinski definition) is 2. The first-order chi connectivity index (χ1) is 11.6. The number of ether oxygens (including phenoxy) is 1. The molecule has 0 saturated carbocycles. The Morgan fingerprint density at radius 1 is 1.58 bits per heavy atom. The van der Waals surface area contributed by atoms with Gasteiger partial charge < -0.3 is 20.1 Å². The number of rotatable bonds is 3. The smallest absolute Gasteiger partial charge is 0.259 e. The van der Waals surface area contributed by atoms with E-state index in [9.17, 15) is 14.7 Å². The molecule has 7 nitrogen and oxygen atoms in total. The number of carbonyl (C=O) groups excluding carboxylic acids is 2. The lowest BCUT2D eigenvalue weighted by Crippen LogP contribution is -2.62. The molecular formula is C17H23N3O4. The highest BCUT2D eigenvalue weighted by atomic mass is 16.5. The maximum absolute atomic E-state index is 12.9. The molecule has 2 atom stereocenters. The summed E-state index contributed by atoms with van der Waals surface area (Å²) in [6.07, 6.45) is 2.65. The Labute approximate surface area is 141 Å². The Balaban J connectivity index is 1.85. The summed E-state index contributed by atoms with van der Waals surface area (Å²) in [6.45, 7) is 3.51. The van der Waals surface area contributed by atoms with Crippen LogP contribution in [0.15, 0.2) is 18.3 Å². The molecule has 2 fully saturated rings. The van der Waals surface area contributed by atoms with Gasteiger partial charge in [-0.2, -0.15) is 0 Å². The van der Waals surface area contributed by atoms with Crippen LogP contribution in [0, 0.1) is 5.41 Å². The molecule has 24 heavy (non-hydrogen) atoms. The van der Waals surface area contributed by atoms with E-state index >= 15 is 0 Å². The third kappa shape index (κ3) is 2.84. The van der Waals surface area contributed by atoms with Crippen molar-refractivity contribution in [3.05, 3.63) is 23.9 Å². The molecule has 0 radical (unpaired) electrons. The SMILES string of the molecule is CCOc1ncccc1C(=O)N1CC[C@@H](O)[C@@]2(CCCNC2=O)C1. The van der Waals surface area contributed by atoms with Crippen molar-refractivity contribution >= 4 is 11.8 Å². The first-order valence-corrected chi connectivity index (χ1v) is 8.42. The molecule has 2 amide bonds. The van der Waals surface area contributed by atoms with Crippen molar-refractivity contribution in [1.29, 1.82) is 0 Å². The van der Waals surface area contributed by atoms with Crippen molar-refractivity contribution < 1.29 is 19.4 Å². The van der Waals surface area contributed by atoms with E-state index in [0.717, 1.165) is 6.42 Å². The lowest BCUT2D eigenvalue weighted by molar-refractivity contribution is -0.147. The molecule has 2 saturated heterocycles. The van der Waals surface area contributed by atoms with Crippen molar-refractivity contribution in [3.8, 4) is 5.88 Å². The Kier molecular flexibility index (Phi) is 4.71. The molecule has 0 aliphatic carbocycles. The molecular weight excluding hydrogens is 310 g/mol. The molecule has 3 rings (SSSR count). The van der Waals surface area contributed by atoms with Gasteiger partial charge in [-0.1, -0.05) is 0 Å². The van der Waals surface area contributed by atoms with Crippen LogP contribution in [0.25, 0.3) is 0 Å². The number of amides is 2. The standard InChI is InChI=1S/C17H23N3O4/c1-2-24-14-12(5-3-8-18-14)15(22)20-10-6-13(21)17(11-20)7-4-9-19-16(17)23/h3,5,8,13,21H,2,4,6-7,9-11H2,1H3,(H,19,23)/t13-,17-/m1/s1. The van der Waals surface area contributed by atoms with Gasteiger partial charge in [-0.05, 0) is 38.3 Å². The molecule has 0 aromatic carbocycles. The summed E-state index contributed by atoms with van der Waals surface area (Å²) in [7, 11) is 0. The molecule has 3 heterocycles. The fourth-order valence-corrected chi connectivity index (χ4v) is 3.59. The number of hydrogen-bond acceptors (Lipinski definition) is 5. The number of piperidine rings is 2. The summed E-state index contributed by atoms with van der Waals surface area (Å²) >= 11 is 0. The number of aromatic nitrogens is 1. The lowest BCUT2D eigenvalue weighted by Gasteiger charge is -2.46. The Hall–Kier alpha value is -2.15. The van der Waals surface area contributed by atoms with Gasteiger partial charge in [0.15, 0.2) is 0 Å². The molecule has 1 aromatic rings. The van der Waals surface area contributed by atoms with E-state index in [1.165, 1.54) is 0 Å². The molecule has 2 aliphatic heterocycles. The number of pyridine rings is 1. The zero-order valence-electron chi connectivity index (χ0n) is 13.8. The molecule has 2 aliphatic rings. The fraction of sp³-hybridized carbons (Fsp3) is 0.588. The van der Waals surface area contributed by atoms with Gasteiger partial charge in [0.25, 0.3) is 5.91 Å². The monoisotopic (exact) mass is 333 g/mol. The van der Waals surface area contributed by atoms with E-state index in [0.29, 0.717) is 44.0 Å². The average Bonchev–Trinajstić information content (AvgIpc) is 2.60. The van der Waals surface area contributed by atoms with Gasteiger partial charge in [-0.25, -0.2) is 4.98 Å². The summed E-state index contributed by atoms with van der Waals surface area (Å²) in [4.78, 5) is 31.1. The van der Waals surface area contributed by atoms with Gasteiger partial charge in [-0.15, -0.1) is 0 Å². The normalized spacial score (nSPS) is 27.0. The quantitative estimate of drug-likeness (QED) is 0.844. The maximum Gasteiger partial charge on any atom is 0.259 e. The van der Waals surface area contributed by atoms with Crippen LogP contribution < -0.4 is 10.1 Å². The summed E-state index contributed by atoms with van der Waals surface area (Å²) in [6, 6.07) is 3.37. The first-order valence-electron chi connectivity index (χ1n) is 8.42. The molecule has 130 valence electrons. The summed E-state index contributed by atoms with van der Waals surface area (Å²) < 4.78 is 5.44. The molecule has 1 spiro atoms. The minimum atomic E-state index is -0.903. The predicted molar refractivity (Wildman–Crippen MR) is 86.6 cm³/mol. The van der Waals surface area contributed by atoms with Crippen LogP contribution >= 0.6 is 0 Å². The van der Waals surface area contributed by atoms with Crippen molar-refractivity contribution in [1.82, 2.24) is 15.2 Å². The second kappa shape index (κ2) is 6.76. The van der Waals surface area contributed by atoms with E-state index in [1.807, 2.05) is 6.92 Å². The Morgan fingerprint density at radius 3 is 3.17 bits per heavy atom. The lowest BCUT2D eigenvalue weighted by atomic mass is 9.71. The van der Waals surface area contributed by atoms with Gasteiger partial charge >= 0.3 is 0 Å². The van der Waals surface area contributed by atoms with Crippen molar-refractivity contribution in [3.63, 3.8) is 0 Å². The number of nitrogens with zero attached hydrogens (tertiary/aromatic N) is 2. The molecule has 0 bridgehead atoms. The fourth-order valence-electron chi connectivity index (χ4n) is 3.59. The highest BCUT2D eigenvalue weighted by molar-refractivity contribution is 5.97. The molecule has 7 heteroatoms. The first kappa shape index (κ1) is 16.7. The predicted octanol–water partition coefficient (Wildman–Crippen LogP) is 0.583. The van der Waals surface area contributed by atoms with Crippen molar-refractivity contribution in [2.45, 2.75) is 32.3 Å². The highest BCUT2D eigenvalue weighted by Crippen LogP contribution is 2.38. The van der Waals surface area contributed by atoms with E-state index < -0.39 is 11.5 Å². The van der Waals surface area contributed by atoms with Gasteiger partial charge in [0.05, 0.1) is 18.1 Å². The minimum absolute atomic E-state index is 0.157. The topological polar surface area (TPSA) is 91.8 Å². The maximum atomic E-state index is 12.9. The van der Waals surface area contributed by atoms with Gasteiger partial charge in [0.2, 0.25) is 11.8 Å². The van der Waals surface area contributed by atoms with Gasteiger partial charge in [-0.3, -0.25) is 9.59 Å². The molecule has 0 unspecified atom stereocenters. The third-order valence-corrected chi connectivity index (χ3v) is 4.89. The van der Waals surface area contributed by atoms with E-state index in [4.69, 9.17) is 4.74 Å². The Bertz CT molecular complexity index is 636. The average molecular weight is 333 g/mol. The number of nitrogens with one attached hydrogen (secondary N) is 1. The zero-order chi connectivity index (χ0) is 17.2. The van der Waals surface area contributed by atoms with Crippen LogP contribution in [0.5, 0.6) is 5.88 Å². The zero-order valence-corrected chi connectivity index (χ0v) is 13.8. The number of aliphatic hydroxyl groups excluding tert-OH is 1. The number of aliphatic hydroxyl groups is 1. The summed E-state index contributed by atoms with van der Waals surface area (Å²) in [5.41, 5.74) is -0.512. The number of carbonyl (C=O) groups is 2. The van der Waals surface area contributed by atoms with E-state index in [-0.39, 0.29) is 18.4 Å². The van der Waals surface area contributed by atoms with Crippen LogP contribution in [-0.2, 0) is 4.79 Å².